The van der Waals surface area contributed by atoms with Crippen molar-refractivity contribution in [2.75, 3.05) is 16.8 Å². The van der Waals surface area contributed by atoms with Gasteiger partial charge in [-0.2, -0.15) is 0 Å². The standard InChI is InChI=1S/C23H22Cl2N4O3S/c1-12-4-6-17(8-13(12)2)29-11-15(9-20(29)30)22-27-28-23(33-22)26-21(31)14(3)32-19-7-5-16(24)10-18(19)25/h4-8,10,14-15H,9,11H2,1-3H3,(H,26,28,31). The monoisotopic (exact) mass is 504 g/mol. The number of carbonyl (C=O) groups excluding carboxylic acids is 2. The second kappa shape index (κ2) is 9.67. The normalized spacial score (nSPS) is 16.7. The Balaban J connectivity index is 1.39. The van der Waals surface area contributed by atoms with Crippen LogP contribution in [0.1, 0.15) is 35.4 Å². The van der Waals surface area contributed by atoms with E-state index in [9.17, 15) is 9.59 Å². The molecule has 1 aromatic heterocycles. The Hall–Kier alpha value is -2.68. The van der Waals surface area contributed by atoms with Crippen LogP contribution < -0.4 is 15.0 Å². The maximum absolute atomic E-state index is 12.6. The molecule has 172 valence electrons. The van der Waals surface area contributed by atoms with Gasteiger partial charge in [-0.15, -0.1) is 10.2 Å². The zero-order valence-corrected chi connectivity index (χ0v) is 20.6. The van der Waals surface area contributed by atoms with Gasteiger partial charge in [0, 0.05) is 29.6 Å². The average Bonchev–Trinajstić information content (AvgIpc) is 3.38. The van der Waals surface area contributed by atoms with E-state index in [1.165, 1.54) is 16.9 Å². The summed E-state index contributed by atoms with van der Waals surface area (Å²) in [6.07, 6.45) is -0.464. The van der Waals surface area contributed by atoms with Crippen molar-refractivity contribution in [1.82, 2.24) is 10.2 Å². The molecule has 2 unspecified atom stereocenters. The zero-order valence-electron chi connectivity index (χ0n) is 18.3. The van der Waals surface area contributed by atoms with E-state index in [2.05, 4.69) is 15.5 Å². The van der Waals surface area contributed by atoms with Crippen LogP contribution in [0.4, 0.5) is 10.8 Å². The molecule has 0 spiro atoms. The molecule has 1 aliphatic rings. The molecule has 1 saturated heterocycles. The minimum Gasteiger partial charge on any atom is -0.479 e. The SMILES string of the molecule is Cc1ccc(N2CC(c3nnc(NC(=O)C(C)Oc4ccc(Cl)cc4Cl)s3)CC2=O)cc1C. The fourth-order valence-electron chi connectivity index (χ4n) is 3.49. The maximum Gasteiger partial charge on any atom is 0.266 e. The number of anilines is 2. The molecule has 4 rings (SSSR count). The quantitative estimate of drug-likeness (QED) is 0.486. The largest absolute Gasteiger partial charge is 0.479 e. The smallest absolute Gasteiger partial charge is 0.266 e. The van der Waals surface area contributed by atoms with E-state index in [1.54, 1.807) is 30.0 Å². The number of aromatic nitrogens is 2. The van der Waals surface area contributed by atoms with Crippen LogP contribution >= 0.6 is 34.5 Å². The molecule has 2 amide bonds. The van der Waals surface area contributed by atoms with E-state index < -0.39 is 6.10 Å². The molecule has 3 aromatic rings. The van der Waals surface area contributed by atoms with Gasteiger partial charge < -0.3 is 9.64 Å². The van der Waals surface area contributed by atoms with Gasteiger partial charge in [0.1, 0.15) is 10.8 Å². The first kappa shape index (κ1) is 23.5. The van der Waals surface area contributed by atoms with Gasteiger partial charge in [0.05, 0.1) is 5.02 Å². The van der Waals surface area contributed by atoms with Crippen LogP contribution in [0, 0.1) is 13.8 Å². The Bertz CT molecular complexity index is 1220. The first-order valence-electron chi connectivity index (χ1n) is 10.3. The summed E-state index contributed by atoms with van der Waals surface area (Å²) >= 11 is 13.3. The summed E-state index contributed by atoms with van der Waals surface area (Å²) in [5.41, 5.74) is 3.21. The summed E-state index contributed by atoms with van der Waals surface area (Å²) in [7, 11) is 0. The van der Waals surface area contributed by atoms with Crippen LogP contribution in [0.5, 0.6) is 5.75 Å². The van der Waals surface area contributed by atoms with Gasteiger partial charge in [0.2, 0.25) is 11.0 Å². The van der Waals surface area contributed by atoms with E-state index in [1.807, 2.05) is 32.0 Å². The molecule has 33 heavy (non-hydrogen) atoms. The van der Waals surface area contributed by atoms with E-state index in [4.69, 9.17) is 27.9 Å². The minimum atomic E-state index is -0.815. The van der Waals surface area contributed by atoms with Crippen molar-refractivity contribution in [3.63, 3.8) is 0 Å². The second-order valence-electron chi connectivity index (χ2n) is 7.94. The van der Waals surface area contributed by atoms with Gasteiger partial charge in [0.25, 0.3) is 5.91 Å². The molecule has 0 aliphatic carbocycles. The fourth-order valence-corrected chi connectivity index (χ4v) is 4.78. The molecule has 10 heteroatoms. The number of benzene rings is 2. The summed E-state index contributed by atoms with van der Waals surface area (Å²) in [5, 5.41) is 12.9. The Morgan fingerprint density at radius 2 is 1.97 bits per heavy atom. The molecular formula is C23H22Cl2N4O3S. The van der Waals surface area contributed by atoms with Crippen molar-refractivity contribution in [3.8, 4) is 5.75 Å². The predicted octanol–water partition coefficient (Wildman–Crippen LogP) is 5.39. The van der Waals surface area contributed by atoms with Crippen LogP contribution in [-0.2, 0) is 9.59 Å². The first-order chi connectivity index (χ1) is 15.7. The molecule has 0 radical (unpaired) electrons. The average molecular weight is 505 g/mol. The number of nitrogens with one attached hydrogen (secondary N) is 1. The summed E-state index contributed by atoms with van der Waals surface area (Å²) in [6, 6.07) is 10.8. The molecule has 0 bridgehead atoms. The third-order valence-corrected chi connectivity index (χ3v) is 7.05. The van der Waals surface area contributed by atoms with E-state index in [-0.39, 0.29) is 17.7 Å². The number of ether oxygens (including phenoxy) is 1. The highest BCUT2D eigenvalue weighted by Gasteiger charge is 2.34. The van der Waals surface area contributed by atoms with Crippen LogP contribution in [0.15, 0.2) is 36.4 Å². The summed E-state index contributed by atoms with van der Waals surface area (Å²) in [4.78, 5) is 27.0. The third-order valence-electron chi connectivity index (χ3n) is 5.51. The number of carbonyl (C=O) groups is 2. The third kappa shape index (κ3) is 5.29. The highest BCUT2D eigenvalue weighted by molar-refractivity contribution is 7.15. The highest BCUT2D eigenvalue weighted by Crippen LogP contribution is 2.35. The number of nitrogens with zero attached hydrogens (tertiary/aromatic N) is 3. The van der Waals surface area contributed by atoms with Crippen molar-refractivity contribution in [2.24, 2.45) is 0 Å². The molecule has 0 saturated carbocycles. The van der Waals surface area contributed by atoms with Crippen LogP contribution in [0.3, 0.4) is 0 Å². The van der Waals surface area contributed by atoms with Gasteiger partial charge in [0.15, 0.2) is 6.10 Å². The number of amides is 2. The van der Waals surface area contributed by atoms with Gasteiger partial charge in [-0.1, -0.05) is 40.6 Å². The van der Waals surface area contributed by atoms with Gasteiger partial charge >= 0.3 is 0 Å². The fraction of sp³-hybridized carbons (Fsp3) is 0.304. The van der Waals surface area contributed by atoms with E-state index in [0.717, 1.165) is 11.3 Å². The number of halogens is 2. The van der Waals surface area contributed by atoms with Crippen molar-refractivity contribution in [3.05, 3.63) is 62.6 Å². The Kier molecular flexibility index (Phi) is 6.88. The van der Waals surface area contributed by atoms with Crippen molar-refractivity contribution >= 4 is 57.2 Å². The Morgan fingerprint density at radius 3 is 2.70 bits per heavy atom. The number of hydrogen-bond acceptors (Lipinski definition) is 6. The van der Waals surface area contributed by atoms with E-state index >= 15 is 0 Å². The number of rotatable bonds is 6. The van der Waals surface area contributed by atoms with Crippen molar-refractivity contribution in [2.45, 2.75) is 39.2 Å². The summed E-state index contributed by atoms with van der Waals surface area (Å²) in [5.74, 6) is -0.0599. The van der Waals surface area contributed by atoms with Crippen molar-refractivity contribution in [1.29, 1.82) is 0 Å². The molecule has 2 heterocycles. The topological polar surface area (TPSA) is 84.4 Å². The molecule has 1 N–H and O–H groups in total. The molecule has 2 atom stereocenters. The molecule has 2 aromatic carbocycles. The summed E-state index contributed by atoms with van der Waals surface area (Å²) < 4.78 is 5.64. The van der Waals surface area contributed by atoms with Gasteiger partial charge in [-0.3, -0.25) is 14.9 Å². The number of aryl methyl sites for hydroxylation is 2. The summed E-state index contributed by atoms with van der Waals surface area (Å²) in [6.45, 7) is 6.21. The van der Waals surface area contributed by atoms with E-state index in [0.29, 0.717) is 38.9 Å². The van der Waals surface area contributed by atoms with Gasteiger partial charge in [-0.05, 0) is 62.2 Å². The Morgan fingerprint density at radius 1 is 1.18 bits per heavy atom. The highest BCUT2D eigenvalue weighted by atomic mass is 35.5. The molecule has 1 fully saturated rings. The zero-order chi connectivity index (χ0) is 23.7. The lowest BCUT2D eigenvalue weighted by atomic mass is 10.1. The molecule has 1 aliphatic heterocycles. The number of hydrogen-bond donors (Lipinski definition) is 1. The lowest BCUT2D eigenvalue weighted by Crippen LogP contribution is -2.30. The maximum atomic E-state index is 12.6. The van der Waals surface area contributed by atoms with Gasteiger partial charge in [-0.25, -0.2) is 0 Å². The molecule has 7 nitrogen and oxygen atoms in total. The van der Waals surface area contributed by atoms with Crippen LogP contribution in [0.2, 0.25) is 10.0 Å². The predicted molar refractivity (Wildman–Crippen MR) is 131 cm³/mol. The lowest BCUT2D eigenvalue weighted by molar-refractivity contribution is -0.122. The molecular weight excluding hydrogens is 483 g/mol. The van der Waals surface area contributed by atoms with Crippen molar-refractivity contribution < 1.29 is 14.3 Å². The first-order valence-corrected chi connectivity index (χ1v) is 11.9. The van der Waals surface area contributed by atoms with Crippen LogP contribution in [0.25, 0.3) is 0 Å². The Labute approximate surface area is 205 Å². The minimum absolute atomic E-state index is 0.0471. The lowest BCUT2D eigenvalue weighted by Gasteiger charge is -2.17. The second-order valence-corrected chi connectivity index (χ2v) is 9.80. The van der Waals surface area contributed by atoms with Crippen LogP contribution in [-0.4, -0.2) is 34.7 Å².